The molecule has 0 bridgehead atoms. The first kappa shape index (κ1) is 16.8. The van der Waals surface area contributed by atoms with Crippen LogP contribution in [0.25, 0.3) is 10.9 Å². The maximum absolute atomic E-state index is 11.9. The monoisotopic (exact) mass is 335 g/mol. The van der Waals surface area contributed by atoms with Crippen LogP contribution in [0.1, 0.15) is 16.7 Å². The summed E-state index contributed by atoms with van der Waals surface area (Å²) in [6, 6.07) is 13.4. The Morgan fingerprint density at radius 1 is 1.00 bits per heavy atom. The molecule has 2 amide bonds. The van der Waals surface area contributed by atoms with Gasteiger partial charge in [0.1, 0.15) is 0 Å². The molecule has 5 heteroatoms. The first-order valence-corrected chi connectivity index (χ1v) is 8.26. The molecule has 0 unspecified atom stereocenters. The Hall–Kier alpha value is -3.08. The average molecular weight is 335 g/mol. The third kappa shape index (κ3) is 3.88. The zero-order valence-electron chi connectivity index (χ0n) is 14.3. The molecule has 0 fully saturated rings. The van der Waals surface area contributed by atoms with E-state index in [-0.39, 0.29) is 0 Å². The van der Waals surface area contributed by atoms with Crippen molar-refractivity contribution in [1.82, 2.24) is 10.3 Å². The van der Waals surface area contributed by atoms with Gasteiger partial charge in [-0.1, -0.05) is 29.8 Å². The number of carbonyl (C=O) groups is 2. The third-order valence-electron chi connectivity index (χ3n) is 4.19. The van der Waals surface area contributed by atoms with Crippen molar-refractivity contribution in [3.8, 4) is 0 Å². The molecule has 0 saturated carbocycles. The number of hydrogen-bond acceptors (Lipinski definition) is 2. The van der Waals surface area contributed by atoms with Crippen molar-refractivity contribution >= 4 is 28.4 Å². The maximum atomic E-state index is 11.9. The number of carbonyl (C=O) groups excluding carboxylic acids is 2. The molecule has 1 aromatic heterocycles. The van der Waals surface area contributed by atoms with Crippen molar-refractivity contribution in [3.05, 3.63) is 65.4 Å². The van der Waals surface area contributed by atoms with Crippen molar-refractivity contribution in [3.63, 3.8) is 0 Å². The van der Waals surface area contributed by atoms with Crippen LogP contribution in [0.4, 0.5) is 5.69 Å². The van der Waals surface area contributed by atoms with E-state index in [1.54, 1.807) is 12.1 Å². The van der Waals surface area contributed by atoms with Gasteiger partial charge < -0.3 is 15.6 Å². The van der Waals surface area contributed by atoms with E-state index in [0.717, 1.165) is 16.6 Å². The van der Waals surface area contributed by atoms with Crippen molar-refractivity contribution < 1.29 is 9.59 Å². The molecule has 0 aliphatic heterocycles. The number of H-pyrrole nitrogens is 1. The molecule has 0 aliphatic carbocycles. The summed E-state index contributed by atoms with van der Waals surface area (Å²) in [6.07, 6.45) is 2.62. The number of benzene rings is 2. The van der Waals surface area contributed by atoms with Gasteiger partial charge in [-0.2, -0.15) is 0 Å². The van der Waals surface area contributed by atoms with Crippen molar-refractivity contribution in [2.45, 2.75) is 20.3 Å². The number of hydrogen-bond donors (Lipinski definition) is 3. The van der Waals surface area contributed by atoms with E-state index in [4.69, 9.17) is 0 Å². The molecule has 128 valence electrons. The highest BCUT2D eigenvalue weighted by Crippen LogP contribution is 2.22. The molecule has 0 radical (unpaired) electrons. The van der Waals surface area contributed by atoms with Crippen LogP contribution in [0.15, 0.2) is 48.7 Å². The summed E-state index contributed by atoms with van der Waals surface area (Å²) in [5.41, 5.74) is 5.11. The second-order valence-corrected chi connectivity index (χ2v) is 6.14. The van der Waals surface area contributed by atoms with Gasteiger partial charge in [0.15, 0.2) is 0 Å². The molecule has 3 rings (SSSR count). The predicted molar refractivity (Wildman–Crippen MR) is 99.6 cm³/mol. The van der Waals surface area contributed by atoms with E-state index in [2.05, 4.69) is 28.6 Å². The van der Waals surface area contributed by atoms with Gasteiger partial charge in [-0.05, 0) is 49.6 Å². The summed E-state index contributed by atoms with van der Waals surface area (Å²) < 4.78 is 0. The second kappa shape index (κ2) is 7.21. The zero-order valence-corrected chi connectivity index (χ0v) is 14.3. The first-order chi connectivity index (χ1) is 12.0. The van der Waals surface area contributed by atoms with E-state index in [0.29, 0.717) is 18.7 Å². The van der Waals surface area contributed by atoms with Crippen LogP contribution in [0.2, 0.25) is 0 Å². The number of aromatic amines is 1. The van der Waals surface area contributed by atoms with Crippen LogP contribution in [-0.4, -0.2) is 23.3 Å². The molecule has 1 heterocycles. The van der Waals surface area contributed by atoms with Gasteiger partial charge >= 0.3 is 11.8 Å². The predicted octanol–water partition coefficient (Wildman–Crippen LogP) is 3.08. The fraction of sp³-hybridized carbons (Fsp3) is 0.200. The highest BCUT2D eigenvalue weighted by atomic mass is 16.2. The Kier molecular flexibility index (Phi) is 4.84. The fourth-order valence-electron chi connectivity index (χ4n) is 2.86. The number of aromatic nitrogens is 1. The Labute approximate surface area is 146 Å². The van der Waals surface area contributed by atoms with E-state index in [1.165, 1.54) is 10.9 Å². The lowest BCUT2D eigenvalue weighted by molar-refractivity contribution is -0.136. The molecule has 0 aliphatic rings. The zero-order chi connectivity index (χ0) is 17.8. The normalized spacial score (nSPS) is 10.6. The summed E-state index contributed by atoms with van der Waals surface area (Å²) >= 11 is 0. The lowest BCUT2D eigenvalue weighted by Gasteiger charge is -2.07. The second-order valence-electron chi connectivity index (χ2n) is 6.14. The molecule has 3 N–H and O–H groups in total. The maximum Gasteiger partial charge on any atom is 0.313 e. The molecular weight excluding hydrogens is 314 g/mol. The average Bonchev–Trinajstić information content (AvgIpc) is 3.01. The van der Waals surface area contributed by atoms with Gasteiger partial charge in [0.05, 0.1) is 0 Å². The van der Waals surface area contributed by atoms with E-state index < -0.39 is 11.8 Å². The van der Waals surface area contributed by atoms with Crippen LogP contribution >= 0.6 is 0 Å². The summed E-state index contributed by atoms with van der Waals surface area (Å²) in [5.74, 6) is -1.28. The number of amides is 2. The van der Waals surface area contributed by atoms with Gasteiger partial charge in [0.25, 0.3) is 0 Å². The standard InChI is InChI=1S/C20H21N3O2/c1-13-6-8-16(9-7-13)23-20(25)19(24)21-11-10-15-12-22-17-5-3-4-14(2)18(15)17/h3-9,12,22H,10-11H2,1-2H3,(H,21,24)(H,23,25). The number of rotatable bonds is 4. The van der Waals surface area contributed by atoms with Crippen LogP contribution < -0.4 is 10.6 Å². The first-order valence-electron chi connectivity index (χ1n) is 8.26. The third-order valence-corrected chi connectivity index (χ3v) is 4.19. The topological polar surface area (TPSA) is 74.0 Å². The summed E-state index contributed by atoms with van der Waals surface area (Å²) in [6.45, 7) is 4.43. The van der Waals surface area contributed by atoms with Crippen LogP contribution in [0.5, 0.6) is 0 Å². The Morgan fingerprint density at radius 2 is 1.76 bits per heavy atom. The largest absolute Gasteiger partial charge is 0.361 e. The number of fused-ring (bicyclic) bond motifs is 1. The summed E-state index contributed by atoms with van der Waals surface area (Å²) in [4.78, 5) is 27.1. The molecular formula is C20H21N3O2. The number of aryl methyl sites for hydroxylation is 2. The highest BCUT2D eigenvalue weighted by molar-refractivity contribution is 6.39. The molecule has 2 aromatic carbocycles. The van der Waals surface area contributed by atoms with Crippen LogP contribution in [-0.2, 0) is 16.0 Å². The van der Waals surface area contributed by atoms with Crippen molar-refractivity contribution in [2.75, 3.05) is 11.9 Å². The van der Waals surface area contributed by atoms with Gasteiger partial charge in [-0.15, -0.1) is 0 Å². The SMILES string of the molecule is Cc1ccc(NC(=O)C(=O)NCCc2c[nH]c3cccc(C)c23)cc1. The fourth-order valence-corrected chi connectivity index (χ4v) is 2.86. The van der Waals surface area contributed by atoms with Crippen LogP contribution in [0, 0.1) is 13.8 Å². The summed E-state index contributed by atoms with van der Waals surface area (Å²) in [5, 5.41) is 6.45. The Balaban J connectivity index is 1.55. The molecule has 0 atom stereocenters. The molecule has 25 heavy (non-hydrogen) atoms. The Bertz CT molecular complexity index is 910. The summed E-state index contributed by atoms with van der Waals surface area (Å²) in [7, 11) is 0. The quantitative estimate of drug-likeness (QED) is 0.641. The number of nitrogens with one attached hydrogen (secondary N) is 3. The minimum atomic E-state index is -0.654. The minimum Gasteiger partial charge on any atom is -0.361 e. The van der Waals surface area contributed by atoms with E-state index in [1.807, 2.05) is 37.4 Å². The van der Waals surface area contributed by atoms with E-state index >= 15 is 0 Å². The van der Waals surface area contributed by atoms with Gasteiger partial charge in [0, 0.05) is 29.3 Å². The molecule has 0 spiro atoms. The van der Waals surface area contributed by atoms with Gasteiger partial charge in [-0.3, -0.25) is 9.59 Å². The molecule has 3 aromatic rings. The smallest absolute Gasteiger partial charge is 0.313 e. The lowest BCUT2D eigenvalue weighted by atomic mass is 10.1. The van der Waals surface area contributed by atoms with Crippen LogP contribution in [0.3, 0.4) is 0 Å². The van der Waals surface area contributed by atoms with Crippen molar-refractivity contribution in [1.29, 1.82) is 0 Å². The molecule has 0 saturated heterocycles. The Morgan fingerprint density at radius 3 is 2.52 bits per heavy atom. The highest BCUT2D eigenvalue weighted by Gasteiger charge is 2.13. The van der Waals surface area contributed by atoms with E-state index in [9.17, 15) is 9.59 Å². The molecule has 5 nitrogen and oxygen atoms in total. The van der Waals surface area contributed by atoms with Gasteiger partial charge in [-0.25, -0.2) is 0 Å². The van der Waals surface area contributed by atoms with Gasteiger partial charge in [0.2, 0.25) is 0 Å². The lowest BCUT2D eigenvalue weighted by Crippen LogP contribution is -2.36. The van der Waals surface area contributed by atoms with Crippen molar-refractivity contribution in [2.24, 2.45) is 0 Å². The minimum absolute atomic E-state index is 0.404. The number of anilines is 1.